The molecular weight excluding hydrogens is 352 g/mol. The maximum atomic E-state index is 10.8. The second-order valence-electron chi connectivity index (χ2n) is 7.49. The Morgan fingerprint density at radius 3 is 2.57 bits per heavy atom. The van der Waals surface area contributed by atoms with Crippen molar-refractivity contribution < 1.29 is 9.52 Å². The van der Waals surface area contributed by atoms with E-state index in [1.807, 2.05) is 49.4 Å². The number of hydrogen-bond donors (Lipinski definition) is 3. The minimum Gasteiger partial charge on any atom is -0.468 e. The van der Waals surface area contributed by atoms with E-state index >= 15 is 0 Å². The van der Waals surface area contributed by atoms with Gasteiger partial charge < -0.3 is 20.2 Å². The first-order valence-corrected chi connectivity index (χ1v) is 10.2. The number of guanidine groups is 1. The molecule has 0 spiro atoms. The van der Waals surface area contributed by atoms with Gasteiger partial charge in [-0.3, -0.25) is 4.90 Å². The lowest BCUT2D eigenvalue weighted by molar-refractivity contribution is 0.0672. The van der Waals surface area contributed by atoms with Crippen molar-refractivity contribution >= 4 is 5.96 Å². The molecule has 6 heteroatoms. The van der Waals surface area contributed by atoms with Crippen LogP contribution in [-0.2, 0) is 5.60 Å². The van der Waals surface area contributed by atoms with Gasteiger partial charge in [-0.15, -0.1) is 0 Å². The molecule has 152 valence electrons. The summed E-state index contributed by atoms with van der Waals surface area (Å²) in [6.45, 7) is 7.75. The van der Waals surface area contributed by atoms with Gasteiger partial charge in [0.25, 0.3) is 0 Å². The number of benzene rings is 1. The quantitative estimate of drug-likeness (QED) is 0.482. The molecule has 28 heavy (non-hydrogen) atoms. The maximum absolute atomic E-state index is 10.8. The number of aliphatic hydroxyl groups is 1. The third kappa shape index (κ3) is 5.36. The molecule has 1 aliphatic heterocycles. The highest BCUT2D eigenvalue weighted by atomic mass is 16.3. The van der Waals surface area contributed by atoms with Gasteiger partial charge in [0.05, 0.1) is 18.8 Å². The standard InChI is InChI=1S/C22H32N4O2/c1-3-23-21(25-17-22(2,27)18-10-5-4-6-11-18)24-16-19(20-12-9-15-28-20)26-13-7-8-14-26/h4-6,9-12,15,19,27H,3,7-8,13-14,16-17H2,1-2H3,(H2,23,24,25). The van der Waals surface area contributed by atoms with E-state index in [-0.39, 0.29) is 12.6 Å². The molecule has 0 radical (unpaired) electrons. The molecule has 0 amide bonds. The van der Waals surface area contributed by atoms with E-state index in [0.29, 0.717) is 12.5 Å². The molecule has 2 aromatic rings. The first-order valence-electron chi connectivity index (χ1n) is 10.2. The molecular formula is C22H32N4O2. The number of nitrogens with one attached hydrogen (secondary N) is 2. The van der Waals surface area contributed by atoms with Crippen molar-refractivity contribution in [2.75, 3.05) is 32.7 Å². The Bertz CT molecular complexity index is 722. The summed E-state index contributed by atoms with van der Waals surface area (Å²) < 4.78 is 5.69. The SMILES string of the molecule is CCNC(=NCC(C)(O)c1ccccc1)NCC(c1ccco1)N1CCCC1. The number of furan rings is 1. The second kappa shape index (κ2) is 9.75. The number of hydrogen-bond acceptors (Lipinski definition) is 4. The van der Waals surface area contributed by atoms with Gasteiger partial charge in [0.2, 0.25) is 0 Å². The van der Waals surface area contributed by atoms with Crippen molar-refractivity contribution in [2.24, 2.45) is 4.99 Å². The third-order valence-electron chi connectivity index (χ3n) is 5.20. The van der Waals surface area contributed by atoms with Crippen LogP contribution in [0.3, 0.4) is 0 Å². The van der Waals surface area contributed by atoms with E-state index in [1.165, 1.54) is 12.8 Å². The fourth-order valence-corrected chi connectivity index (χ4v) is 3.60. The van der Waals surface area contributed by atoms with Gasteiger partial charge in [-0.25, -0.2) is 4.99 Å². The Morgan fingerprint density at radius 1 is 1.18 bits per heavy atom. The Morgan fingerprint density at radius 2 is 1.93 bits per heavy atom. The molecule has 2 atom stereocenters. The van der Waals surface area contributed by atoms with Gasteiger partial charge in [-0.05, 0) is 57.5 Å². The van der Waals surface area contributed by atoms with Crippen LogP contribution in [0.15, 0.2) is 58.1 Å². The zero-order valence-electron chi connectivity index (χ0n) is 16.9. The summed E-state index contributed by atoms with van der Waals surface area (Å²) in [6, 6.07) is 13.8. The van der Waals surface area contributed by atoms with Crippen LogP contribution in [0.5, 0.6) is 0 Å². The normalized spacial score (nSPS) is 18.6. The van der Waals surface area contributed by atoms with Gasteiger partial charge in [-0.1, -0.05) is 30.3 Å². The predicted molar refractivity (Wildman–Crippen MR) is 112 cm³/mol. The molecule has 1 aromatic heterocycles. The van der Waals surface area contributed by atoms with Crippen molar-refractivity contribution in [3.05, 3.63) is 60.1 Å². The van der Waals surface area contributed by atoms with E-state index in [1.54, 1.807) is 13.2 Å². The molecule has 3 rings (SSSR count). The molecule has 6 nitrogen and oxygen atoms in total. The lowest BCUT2D eigenvalue weighted by Gasteiger charge is -2.27. The molecule has 3 N–H and O–H groups in total. The lowest BCUT2D eigenvalue weighted by Crippen LogP contribution is -2.43. The van der Waals surface area contributed by atoms with Crippen molar-refractivity contribution in [2.45, 2.75) is 38.3 Å². The first kappa shape index (κ1) is 20.4. The fraction of sp³-hybridized carbons (Fsp3) is 0.500. The number of likely N-dealkylation sites (tertiary alicyclic amines) is 1. The summed E-state index contributed by atoms with van der Waals surface area (Å²) >= 11 is 0. The summed E-state index contributed by atoms with van der Waals surface area (Å²) in [5.74, 6) is 1.68. The minimum absolute atomic E-state index is 0.177. The lowest BCUT2D eigenvalue weighted by atomic mass is 9.96. The molecule has 1 saturated heterocycles. The van der Waals surface area contributed by atoms with Crippen molar-refractivity contribution in [3.8, 4) is 0 Å². The van der Waals surface area contributed by atoms with Gasteiger partial charge in [0.15, 0.2) is 5.96 Å². The van der Waals surface area contributed by atoms with Gasteiger partial charge in [-0.2, -0.15) is 0 Å². The Labute approximate surface area is 167 Å². The van der Waals surface area contributed by atoms with Crippen molar-refractivity contribution in [1.82, 2.24) is 15.5 Å². The van der Waals surface area contributed by atoms with Crippen LogP contribution in [0.1, 0.15) is 44.1 Å². The highest BCUT2D eigenvalue weighted by Gasteiger charge is 2.26. The topological polar surface area (TPSA) is 73.0 Å². The zero-order chi connectivity index (χ0) is 19.8. The van der Waals surface area contributed by atoms with Gasteiger partial charge in [0.1, 0.15) is 11.4 Å². The first-order chi connectivity index (χ1) is 13.6. The molecule has 1 aliphatic rings. The van der Waals surface area contributed by atoms with Crippen molar-refractivity contribution in [3.63, 3.8) is 0 Å². The Balaban J connectivity index is 1.66. The van der Waals surface area contributed by atoms with Crippen LogP contribution < -0.4 is 10.6 Å². The number of nitrogens with zero attached hydrogens (tertiary/aromatic N) is 2. The smallest absolute Gasteiger partial charge is 0.191 e. The summed E-state index contributed by atoms with van der Waals surface area (Å²) in [4.78, 5) is 7.09. The average Bonchev–Trinajstić information content (AvgIpc) is 3.42. The molecule has 1 fully saturated rings. The van der Waals surface area contributed by atoms with E-state index in [4.69, 9.17) is 4.42 Å². The molecule has 1 aromatic carbocycles. The van der Waals surface area contributed by atoms with Gasteiger partial charge >= 0.3 is 0 Å². The van der Waals surface area contributed by atoms with E-state index in [0.717, 1.165) is 31.0 Å². The molecule has 0 aliphatic carbocycles. The van der Waals surface area contributed by atoms with Crippen LogP contribution in [0, 0.1) is 0 Å². The predicted octanol–water partition coefficient (Wildman–Crippen LogP) is 2.88. The van der Waals surface area contributed by atoms with E-state index in [9.17, 15) is 5.11 Å². The van der Waals surface area contributed by atoms with Crippen LogP contribution in [0.2, 0.25) is 0 Å². The molecule has 0 saturated carbocycles. The molecule has 2 heterocycles. The van der Waals surface area contributed by atoms with Crippen LogP contribution in [0.25, 0.3) is 0 Å². The van der Waals surface area contributed by atoms with Gasteiger partial charge in [0, 0.05) is 13.1 Å². The molecule has 2 unspecified atom stereocenters. The summed E-state index contributed by atoms with van der Waals surface area (Å²) in [7, 11) is 0. The monoisotopic (exact) mass is 384 g/mol. The van der Waals surface area contributed by atoms with E-state index < -0.39 is 5.60 Å². The number of rotatable bonds is 8. The average molecular weight is 385 g/mol. The number of aliphatic imine (C=N–C) groups is 1. The van der Waals surface area contributed by atoms with Crippen LogP contribution in [0.4, 0.5) is 0 Å². The maximum Gasteiger partial charge on any atom is 0.191 e. The summed E-state index contributed by atoms with van der Waals surface area (Å²) in [6.07, 6.45) is 4.19. The Hall–Kier alpha value is -2.31. The Kier molecular flexibility index (Phi) is 7.12. The highest BCUT2D eigenvalue weighted by Crippen LogP contribution is 2.25. The molecule has 0 bridgehead atoms. The highest BCUT2D eigenvalue weighted by molar-refractivity contribution is 5.79. The summed E-state index contributed by atoms with van der Waals surface area (Å²) in [5.41, 5.74) is -0.154. The largest absolute Gasteiger partial charge is 0.468 e. The van der Waals surface area contributed by atoms with Crippen LogP contribution in [-0.4, -0.2) is 48.7 Å². The third-order valence-corrected chi connectivity index (χ3v) is 5.20. The fourth-order valence-electron chi connectivity index (χ4n) is 3.60. The van der Waals surface area contributed by atoms with E-state index in [2.05, 4.69) is 20.5 Å². The van der Waals surface area contributed by atoms with Crippen LogP contribution >= 0.6 is 0 Å². The minimum atomic E-state index is -1.01. The second-order valence-corrected chi connectivity index (χ2v) is 7.49. The zero-order valence-corrected chi connectivity index (χ0v) is 16.9. The van der Waals surface area contributed by atoms with Crippen molar-refractivity contribution in [1.29, 1.82) is 0 Å². The summed E-state index contributed by atoms with van der Waals surface area (Å²) in [5, 5.41) is 17.5.